The zero-order chi connectivity index (χ0) is 14.9. The van der Waals surface area contributed by atoms with Crippen molar-refractivity contribution in [3.05, 3.63) is 41.2 Å². The van der Waals surface area contributed by atoms with Crippen molar-refractivity contribution >= 4 is 44.7 Å². The van der Waals surface area contributed by atoms with Crippen LogP contribution in [0.25, 0.3) is 21.0 Å². The molecule has 0 amide bonds. The van der Waals surface area contributed by atoms with E-state index in [2.05, 4.69) is 20.2 Å². The van der Waals surface area contributed by atoms with Crippen molar-refractivity contribution in [3.63, 3.8) is 0 Å². The molecule has 4 aromatic heterocycles. The fourth-order valence-corrected chi connectivity index (χ4v) is 4.48. The van der Waals surface area contributed by atoms with Crippen LogP contribution in [0.4, 0.5) is 0 Å². The van der Waals surface area contributed by atoms with E-state index in [1.165, 1.54) is 0 Å². The minimum absolute atomic E-state index is 0.0291. The molecule has 4 heterocycles. The molecule has 0 aliphatic carbocycles. The van der Waals surface area contributed by atoms with Crippen LogP contribution in [0, 0.1) is 0 Å². The summed E-state index contributed by atoms with van der Waals surface area (Å²) in [5.74, 6) is 1.18. The molecule has 22 heavy (non-hydrogen) atoms. The highest BCUT2D eigenvalue weighted by Crippen LogP contribution is 2.38. The van der Waals surface area contributed by atoms with Crippen LogP contribution in [0.1, 0.15) is 18.1 Å². The molecule has 4 rings (SSSR count). The first-order chi connectivity index (χ1) is 10.8. The monoisotopic (exact) mass is 346 g/mol. The second-order valence-corrected chi connectivity index (χ2v) is 7.69. The van der Waals surface area contributed by atoms with Gasteiger partial charge in [-0.15, -0.1) is 32.9 Å². The topological polar surface area (TPSA) is 64.7 Å². The molecule has 0 aliphatic heterocycles. The van der Waals surface area contributed by atoms with E-state index in [0.29, 0.717) is 11.8 Å². The molecular formula is C14H10N4OS3. The average Bonchev–Trinajstić information content (AvgIpc) is 3.27. The molecule has 110 valence electrons. The summed E-state index contributed by atoms with van der Waals surface area (Å²) in [4.78, 5) is 9.62. The van der Waals surface area contributed by atoms with Gasteiger partial charge in [-0.1, -0.05) is 17.8 Å². The van der Waals surface area contributed by atoms with Gasteiger partial charge in [0.1, 0.15) is 11.4 Å². The molecule has 4 aromatic rings. The number of thioether (sulfide) groups is 1. The average molecular weight is 346 g/mol. The van der Waals surface area contributed by atoms with Crippen molar-refractivity contribution in [3.8, 4) is 10.8 Å². The zero-order valence-corrected chi connectivity index (χ0v) is 13.9. The molecule has 1 unspecified atom stereocenters. The number of nitrogens with zero attached hydrogens (tertiary/aromatic N) is 4. The fourth-order valence-electron chi connectivity index (χ4n) is 1.97. The van der Waals surface area contributed by atoms with Crippen LogP contribution >= 0.6 is 34.4 Å². The largest absolute Gasteiger partial charge is 0.419 e. The highest BCUT2D eigenvalue weighted by molar-refractivity contribution is 7.99. The van der Waals surface area contributed by atoms with Crippen LogP contribution in [-0.4, -0.2) is 20.2 Å². The van der Waals surface area contributed by atoms with Gasteiger partial charge >= 0.3 is 0 Å². The molecule has 0 N–H and O–H groups in total. The normalized spacial score (nSPS) is 12.8. The van der Waals surface area contributed by atoms with Gasteiger partial charge in [0.25, 0.3) is 5.89 Å². The molecule has 0 saturated heterocycles. The summed E-state index contributed by atoms with van der Waals surface area (Å²) in [7, 11) is 0. The molecule has 0 aliphatic rings. The number of rotatable bonds is 4. The molecule has 0 fully saturated rings. The van der Waals surface area contributed by atoms with Crippen molar-refractivity contribution < 1.29 is 4.42 Å². The maximum Gasteiger partial charge on any atom is 0.257 e. The summed E-state index contributed by atoms with van der Waals surface area (Å²) in [6.07, 6.45) is 1.59. The second-order valence-electron chi connectivity index (χ2n) is 4.50. The van der Waals surface area contributed by atoms with E-state index >= 15 is 0 Å². The quantitative estimate of drug-likeness (QED) is 0.396. The molecule has 1 atom stereocenters. The van der Waals surface area contributed by atoms with Gasteiger partial charge in [-0.2, -0.15) is 0 Å². The second kappa shape index (κ2) is 5.79. The lowest BCUT2D eigenvalue weighted by Crippen LogP contribution is -1.91. The van der Waals surface area contributed by atoms with E-state index in [-0.39, 0.29) is 5.25 Å². The first kappa shape index (κ1) is 13.9. The van der Waals surface area contributed by atoms with E-state index in [0.717, 1.165) is 20.1 Å². The third-order valence-corrected chi connectivity index (χ3v) is 6.00. The maximum atomic E-state index is 5.78. The molecule has 0 radical (unpaired) electrons. The maximum absolute atomic E-state index is 5.78. The first-order valence-corrected chi connectivity index (χ1v) is 9.17. The van der Waals surface area contributed by atoms with Crippen molar-refractivity contribution in [2.24, 2.45) is 0 Å². The van der Waals surface area contributed by atoms with Gasteiger partial charge in [0.15, 0.2) is 0 Å². The Morgan fingerprint density at radius 1 is 1.14 bits per heavy atom. The van der Waals surface area contributed by atoms with Gasteiger partial charge in [0.05, 0.1) is 20.3 Å². The summed E-state index contributed by atoms with van der Waals surface area (Å²) >= 11 is 4.84. The Hall–Kier alpha value is -1.77. The smallest absolute Gasteiger partial charge is 0.257 e. The molecule has 0 saturated carbocycles. The molecular weight excluding hydrogens is 336 g/mol. The third kappa shape index (κ3) is 2.53. The zero-order valence-electron chi connectivity index (χ0n) is 11.5. The lowest BCUT2D eigenvalue weighted by atomic mass is 10.5. The van der Waals surface area contributed by atoms with Gasteiger partial charge < -0.3 is 4.42 Å². The third-order valence-electron chi connectivity index (χ3n) is 3.02. The lowest BCUT2D eigenvalue weighted by Gasteiger charge is -2.06. The minimum Gasteiger partial charge on any atom is -0.419 e. The SMILES string of the molecule is CC(Sc1ncnc2ccsc12)c1nnc(-c2cccs2)o1. The Morgan fingerprint density at radius 2 is 2.09 bits per heavy atom. The van der Waals surface area contributed by atoms with Gasteiger partial charge in [-0.05, 0) is 29.8 Å². The first-order valence-electron chi connectivity index (χ1n) is 6.53. The highest BCUT2D eigenvalue weighted by Gasteiger charge is 2.18. The lowest BCUT2D eigenvalue weighted by molar-refractivity contribution is 0.510. The minimum atomic E-state index is 0.0291. The Balaban J connectivity index is 1.60. The summed E-state index contributed by atoms with van der Waals surface area (Å²) in [5.41, 5.74) is 0.972. The Labute approximate surface area is 138 Å². The predicted molar refractivity (Wildman–Crippen MR) is 89.3 cm³/mol. The number of fused-ring (bicyclic) bond motifs is 1. The summed E-state index contributed by atoms with van der Waals surface area (Å²) in [5, 5.41) is 13.3. The van der Waals surface area contributed by atoms with Crippen LogP contribution in [-0.2, 0) is 0 Å². The van der Waals surface area contributed by atoms with Gasteiger partial charge in [0, 0.05) is 0 Å². The standard InChI is InChI=1S/C14H10N4OS3/c1-8(12-17-18-13(19-12)10-3-2-5-20-10)22-14-11-9(4-6-21-11)15-7-16-14/h2-8H,1H3. The van der Waals surface area contributed by atoms with Crippen LogP contribution < -0.4 is 0 Å². The van der Waals surface area contributed by atoms with Gasteiger partial charge in [-0.3, -0.25) is 0 Å². The van der Waals surface area contributed by atoms with E-state index in [1.807, 2.05) is 35.9 Å². The predicted octanol–water partition coefficient (Wildman–Crippen LogP) is 4.66. The molecule has 0 bridgehead atoms. The van der Waals surface area contributed by atoms with E-state index in [9.17, 15) is 0 Å². The molecule has 0 aromatic carbocycles. The summed E-state index contributed by atoms with van der Waals surface area (Å²) in [6.45, 7) is 2.04. The van der Waals surface area contributed by atoms with Crippen molar-refractivity contribution in [2.45, 2.75) is 17.2 Å². The number of aromatic nitrogens is 4. The highest BCUT2D eigenvalue weighted by atomic mass is 32.2. The van der Waals surface area contributed by atoms with Crippen LogP contribution in [0.5, 0.6) is 0 Å². The summed E-state index contributed by atoms with van der Waals surface area (Å²) in [6, 6.07) is 5.94. The molecule has 0 spiro atoms. The van der Waals surface area contributed by atoms with Crippen molar-refractivity contribution in [1.82, 2.24) is 20.2 Å². The van der Waals surface area contributed by atoms with Crippen LogP contribution in [0.2, 0.25) is 0 Å². The van der Waals surface area contributed by atoms with Crippen molar-refractivity contribution in [2.75, 3.05) is 0 Å². The Morgan fingerprint density at radius 3 is 2.95 bits per heavy atom. The Kier molecular flexibility index (Phi) is 3.65. The van der Waals surface area contributed by atoms with E-state index in [4.69, 9.17) is 4.42 Å². The van der Waals surface area contributed by atoms with E-state index < -0.39 is 0 Å². The number of hydrogen-bond donors (Lipinski definition) is 0. The molecule has 5 nitrogen and oxygen atoms in total. The van der Waals surface area contributed by atoms with E-state index in [1.54, 1.807) is 40.8 Å². The van der Waals surface area contributed by atoms with Gasteiger partial charge in [-0.25, -0.2) is 9.97 Å². The molecule has 8 heteroatoms. The fraction of sp³-hybridized carbons (Fsp3) is 0.143. The number of thiophene rings is 2. The van der Waals surface area contributed by atoms with Crippen molar-refractivity contribution in [1.29, 1.82) is 0 Å². The summed E-state index contributed by atoms with van der Waals surface area (Å²) < 4.78 is 6.88. The number of hydrogen-bond acceptors (Lipinski definition) is 8. The van der Waals surface area contributed by atoms with Gasteiger partial charge in [0.2, 0.25) is 5.89 Å². The Bertz CT molecular complexity index is 900. The van der Waals surface area contributed by atoms with Crippen LogP contribution in [0.3, 0.4) is 0 Å². The van der Waals surface area contributed by atoms with Crippen LogP contribution in [0.15, 0.2) is 44.7 Å².